The third-order valence-corrected chi connectivity index (χ3v) is 8.10. The zero-order valence-corrected chi connectivity index (χ0v) is 24.2. The molecule has 1 amide bonds. The third-order valence-electron chi connectivity index (χ3n) is 7.61. The molecular weight excluding hydrogens is 565 g/mol. The first-order valence-corrected chi connectivity index (χ1v) is 14.4. The van der Waals surface area contributed by atoms with E-state index in [1.807, 2.05) is 36.4 Å². The topological polar surface area (TPSA) is 76.3 Å². The van der Waals surface area contributed by atoms with Gasteiger partial charge in [0.25, 0.3) is 0 Å². The highest BCUT2D eigenvalue weighted by atomic mass is 35.5. The summed E-state index contributed by atoms with van der Waals surface area (Å²) in [5.41, 5.74) is 3.89. The van der Waals surface area contributed by atoms with Crippen LogP contribution in [-0.4, -0.2) is 74.0 Å². The van der Waals surface area contributed by atoms with Gasteiger partial charge in [-0.15, -0.1) is 0 Å². The first-order chi connectivity index (χ1) is 20.0. The highest BCUT2D eigenvalue weighted by Gasteiger charge is 2.36. The Morgan fingerprint density at radius 1 is 0.976 bits per heavy atom. The summed E-state index contributed by atoms with van der Waals surface area (Å²) in [5, 5.41) is 2.29. The molecule has 0 bridgehead atoms. The SMILES string of the molecule is COc1cc(C2c3[nH]c4ccc(Cl)cc4c3CCN2C(=O)Oc2ccc(Cl)cc2)ccc1OCCN1CCOCC1. The van der Waals surface area contributed by atoms with Crippen molar-refractivity contribution < 1.29 is 23.7 Å². The zero-order chi connectivity index (χ0) is 28.3. The fourth-order valence-electron chi connectivity index (χ4n) is 5.55. The number of carbonyl (C=O) groups is 1. The van der Waals surface area contributed by atoms with Crippen LogP contribution < -0.4 is 14.2 Å². The van der Waals surface area contributed by atoms with E-state index in [2.05, 4.69) is 9.88 Å². The molecule has 1 aromatic heterocycles. The van der Waals surface area contributed by atoms with Crippen molar-refractivity contribution in [2.45, 2.75) is 12.5 Å². The molecule has 3 aromatic carbocycles. The molecular formula is C31H31Cl2N3O5. The van der Waals surface area contributed by atoms with Gasteiger partial charge < -0.3 is 23.9 Å². The Balaban J connectivity index is 1.31. The molecule has 0 spiro atoms. The number of fused-ring (bicyclic) bond motifs is 3. The molecule has 4 aromatic rings. The average molecular weight is 597 g/mol. The smallest absolute Gasteiger partial charge is 0.416 e. The number of aromatic amines is 1. The number of nitrogens with one attached hydrogen (secondary N) is 1. The number of H-pyrrole nitrogens is 1. The Kier molecular flexibility index (Phi) is 8.25. The minimum absolute atomic E-state index is 0.425. The van der Waals surface area contributed by atoms with Crippen molar-refractivity contribution in [2.24, 2.45) is 0 Å². The summed E-state index contributed by atoms with van der Waals surface area (Å²) in [4.78, 5) is 21.2. The highest BCUT2D eigenvalue weighted by molar-refractivity contribution is 6.31. The van der Waals surface area contributed by atoms with E-state index in [0.29, 0.717) is 46.9 Å². The summed E-state index contributed by atoms with van der Waals surface area (Å²) in [6.45, 7) is 5.11. The maximum absolute atomic E-state index is 13.6. The number of morpholine rings is 1. The molecule has 1 atom stereocenters. The van der Waals surface area contributed by atoms with Crippen molar-refractivity contribution in [2.75, 3.05) is 53.1 Å². The Bertz CT molecular complexity index is 1540. The van der Waals surface area contributed by atoms with Crippen molar-refractivity contribution >= 4 is 40.2 Å². The van der Waals surface area contributed by atoms with Crippen molar-refractivity contribution in [3.63, 3.8) is 0 Å². The summed E-state index contributed by atoms with van der Waals surface area (Å²) in [6, 6.07) is 17.9. The van der Waals surface area contributed by atoms with Gasteiger partial charge in [0.05, 0.1) is 20.3 Å². The van der Waals surface area contributed by atoms with Crippen LogP contribution in [0.3, 0.4) is 0 Å². The number of ether oxygens (including phenoxy) is 4. The lowest BCUT2D eigenvalue weighted by Crippen LogP contribution is -2.42. The van der Waals surface area contributed by atoms with E-state index in [0.717, 1.165) is 60.6 Å². The fraction of sp³-hybridized carbons (Fsp3) is 0.323. The molecule has 214 valence electrons. The summed E-state index contributed by atoms with van der Waals surface area (Å²) in [5.74, 6) is 1.68. The van der Waals surface area contributed by atoms with Gasteiger partial charge in [-0.25, -0.2) is 4.79 Å². The molecule has 8 nitrogen and oxygen atoms in total. The number of nitrogens with zero attached hydrogens (tertiary/aromatic N) is 2. The van der Waals surface area contributed by atoms with Crippen LogP contribution in [0.2, 0.25) is 10.0 Å². The number of hydrogen-bond donors (Lipinski definition) is 1. The lowest BCUT2D eigenvalue weighted by atomic mass is 9.92. The number of halogens is 2. The number of methoxy groups -OCH3 is 1. The fourth-order valence-corrected chi connectivity index (χ4v) is 5.85. The Labute approximate surface area is 248 Å². The van der Waals surface area contributed by atoms with Gasteiger partial charge in [0.2, 0.25) is 0 Å². The molecule has 10 heteroatoms. The molecule has 6 rings (SSSR count). The predicted octanol–water partition coefficient (Wildman–Crippen LogP) is 6.34. The van der Waals surface area contributed by atoms with Gasteiger partial charge in [-0.1, -0.05) is 29.3 Å². The van der Waals surface area contributed by atoms with Gasteiger partial charge in [0.15, 0.2) is 11.5 Å². The molecule has 2 aliphatic heterocycles. The second-order valence-electron chi connectivity index (χ2n) is 10.1. The Morgan fingerprint density at radius 2 is 1.76 bits per heavy atom. The van der Waals surface area contributed by atoms with Gasteiger partial charge in [0, 0.05) is 52.8 Å². The molecule has 1 N–H and O–H groups in total. The first kappa shape index (κ1) is 27.7. The lowest BCUT2D eigenvalue weighted by molar-refractivity contribution is 0.0321. The molecule has 1 unspecified atom stereocenters. The van der Waals surface area contributed by atoms with E-state index in [-0.39, 0.29) is 0 Å². The molecule has 0 radical (unpaired) electrons. The van der Waals surface area contributed by atoms with E-state index in [9.17, 15) is 4.79 Å². The number of rotatable bonds is 7. The van der Waals surface area contributed by atoms with Crippen LogP contribution in [0, 0.1) is 0 Å². The summed E-state index contributed by atoms with van der Waals surface area (Å²) in [7, 11) is 1.62. The predicted molar refractivity (Wildman–Crippen MR) is 159 cm³/mol. The highest BCUT2D eigenvalue weighted by Crippen LogP contribution is 2.42. The Hall–Kier alpha value is -3.43. The minimum atomic E-state index is -0.454. The van der Waals surface area contributed by atoms with E-state index >= 15 is 0 Å². The number of benzene rings is 3. The van der Waals surface area contributed by atoms with Gasteiger partial charge in [-0.3, -0.25) is 9.80 Å². The van der Waals surface area contributed by atoms with Crippen LogP contribution in [-0.2, 0) is 11.2 Å². The summed E-state index contributed by atoms with van der Waals surface area (Å²) in [6.07, 6.45) is 0.200. The second-order valence-corrected chi connectivity index (χ2v) is 11.0. The van der Waals surface area contributed by atoms with Crippen LogP contribution in [0.4, 0.5) is 4.79 Å². The normalized spacial score (nSPS) is 17.3. The van der Waals surface area contributed by atoms with Crippen LogP contribution in [0.1, 0.15) is 22.9 Å². The molecule has 0 aliphatic carbocycles. The lowest BCUT2D eigenvalue weighted by Gasteiger charge is -2.35. The maximum atomic E-state index is 13.6. The molecule has 2 aliphatic rings. The van der Waals surface area contributed by atoms with Crippen molar-refractivity contribution in [3.8, 4) is 17.2 Å². The van der Waals surface area contributed by atoms with Crippen molar-refractivity contribution in [1.29, 1.82) is 0 Å². The summed E-state index contributed by atoms with van der Waals surface area (Å²) < 4.78 is 23.1. The maximum Gasteiger partial charge on any atom is 0.416 e. The van der Waals surface area contributed by atoms with Gasteiger partial charge >= 0.3 is 6.09 Å². The largest absolute Gasteiger partial charge is 0.493 e. The minimum Gasteiger partial charge on any atom is -0.493 e. The molecule has 41 heavy (non-hydrogen) atoms. The average Bonchev–Trinajstić information content (AvgIpc) is 3.36. The third kappa shape index (κ3) is 5.97. The van der Waals surface area contributed by atoms with Gasteiger partial charge in [-0.2, -0.15) is 0 Å². The molecule has 0 saturated carbocycles. The van der Waals surface area contributed by atoms with E-state index in [1.54, 1.807) is 36.3 Å². The van der Waals surface area contributed by atoms with E-state index < -0.39 is 12.1 Å². The van der Waals surface area contributed by atoms with Gasteiger partial charge in [-0.05, 0) is 72.1 Å². The van der Waals surface area contributed by atoms with Crippen LogP contribution >= 0.6 is 23.2 Å². The molecule has 1 saturated heterocycles. The van der Waals surface area contributed by atoms with E-state index in [4.69, 9.17) is 42.1 Å². The number of hydrogen-bond acceptors (Lipinski definition) is 6. The zero-order valence-electron chi connectivity index (χ0n) is 22.7. The van der Waals surface area contributed by atoms with Gasteiger partial charge in [0.1, 0.15) is 18.4 Å². The van der Waals surface area contributed by atoms with Crippen LogP contribution in [0.25, 0.3) is 10.9 Å². The first-order valence-electron chi connectivity index (χ1n) is 13.6. The number of aromatic nitrogens is 1. The standard InChI is InChI=1S/C31H31Cl2N3O5/c1-38-28-18-20(2-9-27(28)40-17-14-35-12-15-39-16-13-35)30-29-24(25-19-22(33)5-8-26(25)34-29)10-11-36(30)31(37)41-23-6-3-21(32)4-7-23/h2-9,18-19,30,34H,10-17H2,1H3. The Morgan fingerprint density at radius 3 is 2.54 bits per heavy atom. The molecule has 1 fully saturated rings. The quantitative estimate of drug-likeness (QED) is 0.268. The van der Waals surface area contributed by atoms with Crippen LogP contribution in [0.5, 0.6) is 17.2 Å². The van der Waals surface area contributed by atoms with Crippen LogP contribution in [0.15, 0.2) is 60.7 Å². The van der Waals surface area contributed by atoms with Crippen molar-refractivity contribution in [3.05, 3.63) is 87.5 Å². The monoisotopic (exact) mass is 595 g/mol. The second kappa shape index (κ2) is 12.2. The van der Waals surface area contributed by atoms with E-state index in [1.165, 1.54) is 0 Å². The van der Waals surface area contributed by atoms with Crippen molar-refractivity contribution in [1.82, 2.24) is 14.8 Å². The number of amides is 1. The summed E-state index contributed by atoms with van der Waals surface area (Å²) >= 11 is 12.4. The molecule has 3 heterocycles. The number of carbonyl (C=O) groups excluding carboxylic acids is 1.